The molecule has 128 valence electrons. The standard InChI is InChI=1S/C21H22NO2P/c1-22(2)18-15-13-17(14-16-18)21(23)25(24,19-9-5-3-6-10-19)20-11-7-4-8-12-20/h3-16,21,23H,1-2H3/t21-/m1/s1. The van der Waals surface area contributed by atoms with Gasteiger partial charge in [-0.2, -0.15) is 0 Å². The van der Waals surface area contributed by atoms with Crippen molar-refractivity contribution in [3.8, 4) is 0 Å². The number of nitrogens with zero attached hydrogens (tertiary/aromatic N) is 1. The predicted octanol–water partition coefficient (Wildman–Crippen LogP) is 3.76. The van der Waals surface area contributed by atoms with Gasteiger partial charge in [-0.25, -0.2) is 0 Å². The molecule has 25 heavy (non-hydrogen) atoms. The van der Waals surface area contributed by atoms with E-state index < -0.39 is 13.0 Å². The quantitative estimate of drug-likeness (QED) is 0.712. The summed E-state index contributed by atoms with van der Waals surface area (Å²) in [6.07, 6.45) is 0. The van der Waals surface area contributed by atoms with Crippen LogP contribution in [-0.2, 0) is 4.57 Å². The largest absolute Gasteiger partial charge is 0.380 e. The zero-order valence-electron chi connectivity index (χ0n) is 14.4. The summed E-state index contributed by atoms with van der Waals surface area (Å²) in [5.41, 5.74) is 1.69. The molecule has 0 amide bonds. The van der Waals surface area contributed by atoms with Gasteiger partial charge in [0.15, 0.2) is 7.14 Å². The SMILES string of the molecule is CN(C)c1ccc([C@H](O)P(=O)(c2ccccc2)c2ccccc2)cc1. The molecule has 3 aromatic carbocycles. The third kappa shape index (κ3) is 3.39. The highest BCUT2D eigenvalue weighted by Gasteiger charge is 2.36. The second-order valence-corrected chi connectivity index (χ2v) is 9.03. The monoisotopic (exact) mass is 351 g/mol. The van der Waals surface area contributed by atoms with Gasteiger partial charge in [-0.1, -0.05) is 72.8 Å². The number of aliphatic hydroxyl groups excluding tert-OH is 1. The molecule has 0 radical (unpaired) electrons. The molecular weight excluding hydrogens is 329 g/mol. The Morgan fingerprint density at radius 1 is 0.760 bits per heavy atom. The Kier molecular flexibility index (Phi) is 5.08. The number of hydrogen-bond acceptors (Lipinski definition) is 3. The summed E-state index contributed by atoms with van der Waals surface area (Å²) in [6.45, 7) is 0. The lowest BCUT2D eigenvalue weighted by molar-refractivity contribution is 0.257. The third-order valence-corrected chi connectivity index (χ3v) is 7.45. The zero-order valence-corrected chi connectivity index (χ0v) is 15.3. The van der Waals surface area contributed by atoms with Crippen molar-refractivity contribution >= 4 is 23.4 Å². The smallest absolute Gasteiger partial charge is 0.174 e. The van der Waals surface area contributed by atoms with Gasteiger partial charge in [0, 0.05) is 30.4 Å². The van der Waals surface area contributed by atoms with E-state index in [-0.39, 0.29) is 0 Å². The summed E-state index contributed by atoms with van der Waals surface area (Å²) >= 11 is 0. The molecule has 1 atom stereocenters. The maximum atomic E-state index is 14.1. The molecule has 0 heterocycles. The van der Waals surface area contributed by atoms with Crippen LogP contribution in [0.15, 0.2) is 84.9 Å². The first-order valence-corrected chi connectivity index (χ1v) is 9.97. The van der Waals surface area contributed by atoms with E-state index in [9.17, 15) is 9.67 Å². The van der Waals surface area contributed by atoms with Crippen LogP contribution < -0.4 is 15.5 Å². The van der Waals surface area contributed by atoms with E-state index in [0.29, 0.717) is 16.2 Å². The lowest BCUT2D eigenvalue weighted by Gasteiger charge is -2.25. The number of aliphatic hydroxyl groups is 1. The Bertz CT molecular complexity index is 818. The molecule has 0 aromatic heterocycles. The van der Waals surface area contributed by atoms with Crippen molar-refractivity contribution in [1.82, 2.24) is 0 Å². The van der Waals surface area contributed by atoms with Crippen molar-refractivity contribution in [3.05, 3.63) is 90.5 Å². The molecule has 0 saturated heterocycles. The Hall–Kier alpha value is -2.35. The van der Waals surface area contributed by atoms with Gasteiger partial charge < -0.3 is 14.6 Å². The summed E-state index contributed by atoms with van der Waals surface area (Å²) in [7, 11) is 0.691. The Morgan fingerprint density at radius 3 is 1.60 bits per heavy atom. The molecule has 3 aromatic rings. The van der Waals surface area contributed by atoms with E-state index in [0.717, 1.165) is 5.69 Å². The summed E-state index contributed by atoms with van der Waals surface area (Å²) < 4.78 is 14.1. The zero-order chi connectivity index (χ0) is 17.9. The van der Waals surface area contributed by atoms with Gasteiger partial charge >= 0.3 is 0 Å². The first kappa shape index (κ1) is 17.5. The van der Waals surface area contributed by atoms with Crippen LogP contribution in [0.4, 0.5) is 5.69 Å². The van der Waals surface area contributed by atoms with Crippen molar-refractivity contribution in [2.24, 2.45) is 0 Å². The van der Waals surface area contributed by atoms with Crippen molar-refractivity contribution in [3.63, 3.8) is 0 Å². The molecule has 0 aliphatic heterocycles. The highest BCUT2D eigenvalue weighted by atomic mass is 31.2. The van der Waals surface area contributed by atoms with Crippen LogP contribution in [0.5, 0.6) is 0 Å². The number of benzene rings is 3. The second kappa shape index (κ2) is 7.26. The average Bonchev–Trinajstić information content (AvgIpc) is 2.68. The lowest BCUT2D eigenvalue weighted by Crippen LogP contribution is -2.21. The molecular formula is C21H22NO2P. The highest BCUT2D eigenvalue weighted by Crippen LogP contribution is 2.55. The van der Waals surface area contributed by atoms with Gasteiger partial charge in [-0.3, -0.25) is 0 Å². The van der Waals surface area contributed by atoms with Gasteiger partial charge in [-0.15, -0.1) is 0 Å². The fourth-order valence-electron chi connectivity index (χ4n) is 2.88. The minimum Gasteiger partial charge on any atom is -0.380 e. The molecule has 0 bridgehead atoms. The van der Waals surface area contributed by atoms with Crippen molar-refractivity contribution < 1.29 is 9.67 Å². The van der Waals surface area contributed by atoms with Crippen LogP contribution in [0.1, 0.15) is 11.4 Å². The topological polar surface area (TPSA) is 40.5 Å². The van der Waals surface area contributed by atoms with Crippen molar-refractivity contribution in [2.45, 2.75) is 5.85 Å². The van der Waals surface area contributed by atoms with E-state index in [1.54, 1.807) is 0 Å². The van der Waals surface area contributed by atoms with E-state index >= 15 is 0 Å². The Balaban J connectivity index is 2.10. The van der Waals surface area contributed by atoms with Crippen LogP contribution in [0, 0.1) is 0 Å². The number of rotatable bonds is 5. The molecule has 0 aliphatic carbocycles. The first-order chi connectivity index (χ1) is 12.0. The molecule has 4 heteroatoms. The van der Waals surface area contributed by atoms with Gasteiger partial charge in [0.25, 0.3) is 0 Å². The van der Waals surface area contributed by atoms with Crippen molar-refractivity contribution in [1.29, 1.82) is 0 Å². The van der Waals surface area contributed by atoms with Gasteiger partial charge in [0.1, 0.15) is 5.85 Å². The van der Waals surface area contributed by atoms with E-state index in [1.165, 1.54) is 0 Å². The van der Waals surface area contributed by atoms with Crippen LogP contribution in [0.2, 0.25) is 0 Å². The second-order valence-electron chi connectivity index (χ2n) is 6.19. The van der Waals surface area contributed by atoms with Crippen molar-refractivity contribution in [2.75, 3.05) is 19.0 Å². The van der Waals surface area contributed by atoms with E-state index in [2.05, 4.69) is 0 Å². The fourth-order valence-corrected chi connectivity index (χ4v) is 5.57. The summed E-state index contributed by atoms with van der Waals surface area (Å²) in [6, 6.07) is 26.0. The van der Waals surface area contributed by atoms with Crippen LogP contribution in [-0.4, -0.2) is 19.2 Å². The van der Waals surface area contributed by atoms with E-state index in [1.807, 2.05) is 104 Å². The lowest BCUT2D eigenvalue weighted by atomic mass is 10.2. The predicted molar refractivity (Wildman–Crippen MR) is 105 cm³/mol. The molecule has 0 aliphatic rings. The number of hydrogen-bond donors (Lipinski definition) is 1. The summed E-state index contributed by atoms with van der Waals surface area (Å²) in [4.78, 5) is 1.99. The molecule has 0 unspecified atom stereocenters. The van der Waals surface area contributed by atoms with Gasteiger partial charge in [-0.05, 0) is 17.7 Å². The van der Waals surface area contributed by atoms with Crippen LogP contribution in [0.3, 0.4) is 0 Å². The molecule has 0 saturated carbocycles. The molecule has 3 rings (SSSR count). The summed E-state index contributed by atoms with van der Waals surface area (Å²) in [5, 5.41) is 12.4. The minimum atomic E-state index is -3.23. The molecule has 0 fully saturated rings. The molecule has 0 spiro atoms. The van der Waals surface area contributed by atoms with Crippen LogP contribution >= 0.6 is 7.14 Å². The third-order valence-electron chi connectivity index (χ3n) is 4.33. The Morgan fingerprint density at radius 2 is 1.20 bits per heavy atom. The first-order valence-electron chi connectivity index (χ1n) is 8.20. The highest BCUT2D eigenvalue weighted by molar-refractivity contribution is 7.78. The minimum absolute atomic E-state index is 0.654. The Labute approximate surface area is 148 Å². The maximum Gasteiger partial charge on any atom is 0.174 e. The van der Waals surface area contributed by atoms with Gasteiger partial charge in [0.05, 0.1) is 0 Å². The summed E-state index contributed by atoms with van der Waals surface area (Å²) in [5.74, 6) is -1.09. The van der Waals surface area contributed by atoms with E-state index in [4.69, 9.17) is 0 Å². The average molecular weight is 351 g/mol. The molecule has 3 nitrogen and oxygen atoms in total. The van der Waals surface area contributed by atoms with Crippen LogP contribution in [0.25, 0.3) is 0 Å². The maximum absolute atomic E-state index is 14.1. The fraction of sp³-hybridized carbons (Fsp3) is 0.143. The van der Waals surface area contributed by atoms with Gasteiger partial charge in [0.2, 0.25) is 0 Å². The molecule has 1 N–H and O–H groups in total. The number of anilines is 1. The normalized spacial score (nSPS) is 12.6.